The first-order chi connectivity index (χ1) is 13.9. The van der Waals surface area contributed by atoms with Crippen molar-refractivity contribution in [2.24, 2.45) is 10.2 Å². The van der Waals surface area contributed by atoms with Gasteiger partial charge in [0.15, 0.2) is 5.17 Å². The van der Waals surface area contributed by atoms with Crippen LogP contribution in [0.1, 0.15) is 12.0 Å². The third-order valence-corrected chi connectivity index (χ3v) is 5.04. The second kappa shape index (κ2) is 9.30. The summed E-state index contributed by atoms with van der Waals surface area (Å²) in [4.78, 5) is 34.5. The van der Waals surface area contributed by atoms with Crippen LogP contribution in [0, 0.1) is 10.1 Å². The second-order valence-electron chi connectivity index (χ2n) is 5.86. The monoisotopic (exact) mass is 431 g/mol. The van der Waals surface area contributed by atoms with Crippen molar-refractivity contribution in [3.8, 4) is 0 Å². The molecule has 3 rings (SSSR count). The van der Waals surface area contributed by atoms with Crippen LogP contribution in [-0.2, 0) is 9.59 Å². The molecule has 0 aliphatic carbocycles. The van der Waals surface area contributed by atoms with Gasteiger partial charge in [0.2, 0.25) is 11.8 Å². The summed E-state index contributed by atoms with van der Waals surface area (Å²) in [6.45, 7) is 0. The van der Waals surface area contributed by atoms with Gasteiger partial charge in [0.25, 0.3) is 5.69 Å². The fourth-order valence-corrected chi connectivity index (χ4v) is 3.41. The minimum absolute atomic E-state index is 0.112. The molecular formula is C18H14ClN5O4S. The predicted octanol–water partition coefficient (Wildman–Crippen LogP) is 3.20. The molecule has 0 saturated carbocycles. The van der Waals surface area contributed by atoms with Crippen LogP contribution >= 0.6 is 23.4 Å². The lowest BCUT2D eigenvalue weighted by Gasteiger charge is -2.07. The summed E-state index contributed by atoms with van der Waals surface area (Å²) in [5.74, 6) is -0.798. The number of benzene rings is 2. The zero-order valence-electron chi connectivity index (χ0n) is 14.7. The number of thioether (sulfide) groups is 1. The Morgan fingerprint density at radius 3 is 2.79 bits per heavy atom. The highest BCUT2D eigenvalue weighted by atomic mass is 35.5. The maximum absolute atomic E-state index is 12.2. The fourth-order valence-electron chi connectivity index (χ4n) is 2.36. The number of carbonyl (C=O) groups is 2. The van der Waals surface area contributed by atoms with Gasteiger partial charge < -0.3 is 10.6 Å². The normalized spacial score (nSPS) is 17.5. The van der Waals surface area contributed by atoms with E-state index in [2.05, 4.69) is 20.8 Å². The number of anilines is 1. The van der Waals surface area contributed by atoms with Crippen molar-refractivity contribution in [2.75, 3.05) is 5.32 Å². The first-order valence-corrected chi connectivity index (χ1v) is 9.55. The number of amides is 2. The van der Waals surface area contributed by atoms with Gasteiger partial charge in [-0.05, 0) is 23.8 Å². The van der Waals surface area contributed by atoms with Gasteiger partial charge in [-0.15, -0.1) is 5.10 Å². The number of hydrogen-bond donors (Lipinski definition) is 2. The van der Waals surface area contributed by atoms with Crippen LogP contribution in [0.25, 0.3) is 0 Å². The van der Waals surface area contributed by atoms with Gasteiger partial charge in [-0.25, -0.2) is 0 Å². The van der Waals surface area contributed by atoms with Gasteiger partial charge in [-0.1, -0.05) is 41.6 Å². The summed E-state index contributed by atoms with van der Waals surface area (Å²) in [5, 5.41) is 24.0. The molecule has 2 aromatic rings. The van der Waals surface area contributed by atoms with Gasteiger partial charge in [0.1, 0.15) is 5.25 Å². The van der Waals surface area contributed by atoms with Gasteiger partial charge in [-0.3, -0.25) is 19.7 Å². The van der Waals surface area contributed by atoms with Crippen LogP contribution in [0.3, 0.4) is 0 Å². The van der Waals surface area contributed by atoms with Crippen molar-refractivity contribution in [1.29, 1.82) is 0 Å². The highest BCUT2D eigenvalue weighted by Gasteiger charge is 2.32. The zero-order valence-corrected chi connectivity index (χ0v) is 16.3. The maximum atomic E-state index is 12.2. The molecule has 1 fully saturated rings. The van der Waals surface area contributed by atoms with E-state index in [1.165, 1.54) is 30.5 Å². The predicted molar refractivity (Wildman–Crippen MR) is 112 cm³/mol. The number of nitro groups is 1. The molecule has 0 spiro atoms. The summed E-state index contributed by atoms with van der Waals surface area (Å²) in [6.07, 6.45) is 1.40. The number of halogens is 1. The molecule has 0 aromatic heterocycles. The first-order valence-electron chi connectivity index (χ1n) is 8.29. The van der Waals surface area contributed by atoms with E-state index in [4.69, 9.17) is 11.6 Å². The molecule has 1 heterocycles. The molecular weight excluding hydrogens is 418 g/mol. The molecule has 2 aromatic carbocycles. The molecule has 2 N–H and O–H groups in total. The van der Waals surface area contributed by atoms with Crippen LogP contribution in [0.5, 0.6) is 0 Å². The summed E-state index contributed by atoms with van der Waals surface area (Å²) in [7, 11) is 0. The number of rotatable bonds is 6. The molecule has 2 amide bonds. The van der Waals surface area contributed by atoms with E-state index >= 15 is 0 Å². The van der Waals surface area contributed by atoms with Gasteiger partial charge in [-0.2, -0.15) is 5.10 Å². The average Bonchev–Trinajstić information content (AvgIpc) is 3.02. The van der Waals surface area contributed by atoms with Crippen molar-refractivity contribution in [2.45, 2.75) is 11.7 Å². The van der Waals surface area contributed by atoms with Gasteiger partial charge >= 0.3 is 0 Å². The molecule has 1 atom stereocenters. The minimum atomic E-state index is -0.668. The van der Waals surface area contributed by atoms with Gasteiger partial charge in [0.05, 0.1) is 11.1 Å². The quantitative estimate of drug-likeness (QED) is 0.412. The smallest absolute Gasteiger partial charge is 0.271 e. The standard InChI is InChI=1S/C18H14ClN5O4S/c19-12-6-4-11(5-7-12)10-20-23-18-22-17(26)15(29-18)9-16(25)21-13-2-1-3-14(8-13)24(27)28/h1-8,10,15H,9H2,(H,21,25)(H,22,23,26). The Morgan fingerprint density at radius 2 is 2.07 bits per heavy atom. The number of nitro benzene ring substituents is 1. The van der Waals surface area contributed by atoms with Crippen molar-refractivity contribution < 1.29 is 14.5 Å². The molecule has 11 heteroatoms. The van der Waals surface area contributed by atoms with Gasteiger partial charge in [0, 0.05) is 29.3 Å². The number of amidine groups is 1. The highest BCUT2D eigenvalue weighted by Crippen LogP contribution is 2.24. The van der Waals surface area contributed by atoms with Crippen molar-refractivity contribution in [3.05, 3.63) is 69.2 Å². The summed E-state index contributed by atoms with van der Waals surface area (Å²) >= 11 is 6.90. The lowest BCUT2D eigenvalue weighted by atomic mass is 10.2. The van der Waals surface area contributed by atoms with E-state index in [0.717, 1.165) is 17.3 Å². The SMILES string of the molecule is O=C(CC1S/C(=N/N=Cc2ccc(Cl)cc2)NC1=O)Nc1cccc([N+](=O)[O-])c1. The van der Waals surface area contributed by atoms with Crippen molar-refractivity contribution in [1.82, 2.24) is 5.32 Å². The van der Waals surface area contributed by atoms with E-state index in [1.807, 2.05) is 0 Å². The first kappa shape index (κ1) is 20.5. The Hall–Kier alpha value is -3.24. The lowest BCUT2D eigenvalue weighted by Crippen LogP contribution is -2.28. The second-order valence-corrected chi connectivity index (χ2v) is 7.48. The number of hydrogen-bond acceptors (Lipinski definition) is 7. The minimum Gasteiger partial charge on any atom is -0.326 e. The topological polar surface area (TPSA) is 126 Å². The van der Waals surface area contributed by atoms with E-state index in [0.29, 0.717) is 5.02 Å². The molecule has 1 aliphatic heterocycles. The molecule has 0 radical (unpaired) electrons. The third-order valence-electron chi connectivity index (χ3n) is 3.71. The number of non-ortho nitro benzene ring substituents is 1. The number of nitrogens with one attached hydrogen (secondary N) is 2. The molecule has 148 valence electrons. The lowest BCUT2D eigenvalue weighted by molar-refractivity contribution is -0.384. The molecule has 1 saturated heterocycles. The van der Waals surface area contributed by atoms with Crippen LogP contribution in [0.4, 0.5) is 11.4 Å². The average molecular weight is 432 g/mol. The van der Waals surface area contributed by atoms with Crippen LogP contribution in [0.15, 0.2) is 58.7 Å². The van der Waals surface area contributed by atoms with E-state index in [-0.39, 0.29) is 28.9 Å². The van der Waals surface area contributed by atoms with E-state index in [9.17, 15) is 19.7 Å². The summed E-state index contributed by atoms with van der Waals surface area (Å²) in [6, 6.07) is 12.6. The fraction of sp³-hybridized carbons (Fsp3) is 0.111. The van der Waals surface area contributed by atoms with E-state index in [1.54, 1.807) is 24.3 Å². The Labute approximate surface area is 174 Å². The Bertz CT molecular complexity index is 1010. The maximum Gasteiger partial charge on any atom is 0.271 e. The highest BCUT2D eigenvalue weighted by molar-refractivity contribution is 8.15. The molecule has 0 bridgehead atoms. The van der Waals surface area contributed by atoms with Crippen molar-refractivity contribution in [3.63, 3.8) is 0 Å². The third kappa shape index (κ3) is 5.87. The Balaban J connectivity index is 1.56. The molecule has 9 nitrogen and oxygen atoms in total. The Morgan fingerprint density at radius 1 is 1.31 bits per heavy atom. The van der Waals surface area contributed by atoms with Crippen LogP contribution in [-0.4, -0.2) is 33.4 Å². The zero-order chi connectivity index (χ0) is 20.8. The van der Waals surface area contributed by atoms with Crippen LogP contribution < -0.4 is 10.6 Å². The summed E-state index contributed by atoms with van der Waals surface area (Å²) < 4.78 is 0. The van der Waals surface area contributed by atoms with E-state index < -0.39 is 16.1 Å². The number of carbonyl (C=O) groups excluding carboxylic acids is 2. The number of nitrogens with zero attached hydrogens (tertiary/aromatic N) is 3. The molecule has 29 heavy (non-hydrogen) atoms. The van der Waals surface area contributed by atoms with Crippen molar-refractivity contribution >= 4 is 57.9 Å². The molecule has 1 unspecified atom stereocenters. The largest absolute Gasteiger partial charge is 0.326 e. The summed E-state index contributed by atoms with van der Waals surface area (Å²) in [5.41, 5.74) is 0.943. The molecule has 1 aliphatic rings. The Kier molecular flexibility index (Phi) is 6.57. The van der Waals surface area contributed by atoms with Crippen LogP contribution in [0.2, 0.25) is 5.02 Å².